The van der Waals surface area contributed by atoms with Crippen LogP contribution in [0.1, 0.15) is 12.1 Å². The molecule has 3 aromatic rings. The number of hydrogen-bond donors (Lipinski definition) is 0. The minimum atomic E-state index is -0.199. The highest BCUT2D eigenvalue weighted by Crippen LogP contribution is 2.31. The molecule has 0 unspecified atom stereocenters. The molecule has 0 aliphatic rings. The minimum absolute atomic E-state index is 0.199. The van der Waals surface area contributed by atoms with E-state index in [-0.39, 0.29) is 5.97 Å². The van der Waals surface area contributed by atoms with E-state index in [0.29, 0.717) is 12.8 Å². The van der Waals surface area contributed by atoms with E-state index >= 15 is 0 Å². The highest BCUT2D eigenvalue weighted by Gasteiger charge is 2.12. The van der Waals surface area contributed by atoms with E-state index < -0.39 is 0 Å². The number of carbonyl (C=O) groups is 1. The van der Waals surface area contributed by atoms with Crippen LogP contribution in [-0.2, 0) is 16.0 Å². The van der Waals surface area contributed by atoms with Crippen LogP contribution in [0, 0.1) is 0 Å². The second-order valence-electron chi connectivity index (χ2n) is 4.19. The van der Waals surface area contributed by atoms with Gasteiger partial charge in [-0.25, -0.2) is 4.98 Å². The number of ether oxygens (including phenoxy) is 1. The summed E-state index contributed by atoms with van der Waals surface area (Å²) in [5.74, 6) is -0.199. The molecule has 7 heteroatoms. The lowest BCUT2D eigenvalue weighted by molar-refractivity contribution is -0.140. The zero-order valence-electron chi connectivity index (χ0n) is 10.6. The third-order valence-electron chi connectivity index (χ3n) is 2.92. The van der Waals surface area contributed by atoms with E-state index in [2.05, 4.69) is 9.72 Å². The van der Waals surface area contributed by atoms with Crippen molar-refractivity contribution in [3.8, 4) is 10.6 Å². The largest absolute Gasteiger partial charge is 0.469 e. The van der Waals surface area contributed by atoms with Crippen molar-refractivity contribution in [2.45, 2.75) is 12.8 Å². The molecule has 0 saturated carbocycles. The Hall–Kier alpha value is -1.37. The fraction of sp³-hybridized carbons (Fsp3) is 0.231. The lowest BCUT2D eigenvalue weighted by Crippen LogP contribution is -2.02. The summed E-state index contributed by atoms with van der Waals surface area (Å²) in [5, 5.41) is 2.02. The summed E-state index contributed by atoms with van der Waals surface area (Å²) < 4.78 is 7.44. The Morgan fingerprint density at radius 1 is 1.50 bits per heavy atom. The Kier molecular flexibility index (Phi) is 3.78. The molecule has 3 heterocycles. The van der Waals surface area contributed by atoms with Gasteiger partial charge in [0.1, 0.15) is 5.69 Å². The fourth-order valence-corrected chi connectivity index (χ4v) is 3.82. The molecule has 0 N–H and O–H groups in total. The van der Waals surface area contributed by atoms with Crippen LogP contribution in [0.15, 0.2) is 23.7 Å². The minimum Gasteiger partial charge on any atom is -0.469 e. The number of halogens is 1. The number of esters is 1. The van der Waals surface area contributed by atoms with Gasteiger partial charge in [0.2, 0.25) is 0 Å². The Bertz CT molecular complexity index is 759. The third kappa shape index (κ3) is 2.59. The van der Waals surface area contributed by atoms with Crippen LogP contribution in [0.5, 0.6) is 0 Å². The molecule has 0 atom stereocenters. The zero-order chi connectivity index (χ0) is 14.1. The molecule has 104 valence electrons. The molecule has 3 rings (SSSR count). The maximum atomic E-state index is 11.2. The van der Waals surface area contributed by atoms with Crippen LogP contribution in [0.3, 0.4) is 0 Å². The third-order valence-corrected chi connectivity index (χ3v) is 5.06. The van der Waals surface area contributed by atoms with Gasteiger partial charge in [0.25, 0.3) is 0 Å². The first-order chi connectivity index (χ1) is 9.67. The number of methoxy groups -OCH3 is 1. The second-order valence-corrected chi connectivity index (χ2v) is 6.74. The normalized spacial score (nSPS) is 11.1. The quantitative estimate of drug-likeness (QED) is 0.683. The summed E-state index contributed by atoms with van der Waals surface area (Å²) in [6.07, 6.45) is 3.01. The summed E-state index contributed by atoms with van der Waals surface area (Å²) in [6.45, 7) is 0. The summed E-state index contributed by atoms with van der Waals surface area (Å²) >= 11 is 9.02. The standard InChI is InChI=1S/C13H11ClN2O2S2/c1-18-12(17)5-2-8-7-19-13-15-9(6-16(8)13)10-3-4-11(14)20-10/h3-4,6-7H,2,5H2,1H3. The summed E-state index contributed by atoms with van der Waals surface area (Å²) in [7, 11) is 1.40. The molecule has 0 fully saturated rings. The molecule has 0 spiro atoms. The van der Waals surface area contributed by atoms with Crippen LogP contribution in [0.4, 0.5) is 0 Å². The van der Waals surface area contributed by atoms with Gasteiger partial charge in [-0.2, -0.15) is 0 Å². The van der Waals surface area contributed by atoms with Crippen molar-refractivity contribution in [1.82, 2.24) is 9.38 Å². The monoisotopic (exact) mass is 326 g/mol. The van der Waals surface area contributed by atoms with Crippen LogP contribution < -0.4 is 0 Å². The van der Waals surface area contributed by atoms with Crippen molar-refractivity contribution < 1.29 is 9.53 Å². The molecule has 0 aliphatic carbocycles. The second kappa shape index (κ2) is 5.55. The topological polar surface area (TPSA) is 43.6 Å². The number of fused-ring (bicyclic) bond motifs is 1. The van der Waals surface area contributed by atoms with E-state index in [9.17, 15) is 4.79 Å². The maximum Gasteiger partial charge on any atom is 0.305 e. The molecular formula is C13H11ClN2O2S2. The number of aromatic nitrogens is 2. The maximum absolute atomic E-state index is 11.2. The van der Waals surface area contributed by atoms with Gasteiger partial charge < -0.3 is 4.74 Å². The van der Waals surface area contributed by atoms with Gasteiger partial charge in [-0.05, 0) is 18.6 Å². The lowest BCUT2D eigenvalue weighted by atomic mass is 10.2. The zero-order valence-corrected chi connectivity index (χ0v) is 13.0. The molecule has 0 saturated heterocycles. The van der Waals surface area contributed by atoms with E-state index in [1.54, 1.807) is 11.3 Å². The number of thiazole rings is 1. The predicted octanol–water partition coefficient (Wildman–Crippen LogP) is 3.88. The number of thiophene rings is 1. The Balaban J connectivity index is 1.88. The molecule has 4 nitrogen and oxygen atoms in total. The first-order valence-electron chi connectivity index (χ1n) is 5.95. The predicted molar refractivity (Wildman–Crippen MR) is 81.7 cm³/mol. The number of imidazole rings is 1. The molecule has 0 bridgehead atoms. The molecule has 0 aliphatic heterocycles. The van der Waals surface area contributed by atoms with Gasteiger partial charge in [0.05, 0.1) is 22.7 Å². The van der Waals surface area contributed by atoms with Crippen molar-refractivity contribution in [2.75, 3.05) is 7.11 Å². The molecule has 20 heavy (non-hydrogen) atoms. The van der Waals surface area contributed by atoms with Crippen molar-refractivity contribution in [3.63, 3.8) is 0 Å². The van der Waals surface area contributed by atoms with E-state index in [4.69, 9.17) is 11.6 Å². The van der Waals surface area contributed by atoms with Crippen molar-refractivity contribution >= 4 is 45.2 Å². The number of nitrogens with zero attached hydrogens (tertiary/aromatic N) is 2. The highest BCUT2D eigenvalue weighted by molar-refractivity contribution is 7.19. The van der Waals surface area contributed by atoms with Crippen LogP contribution in [0.25, 0.3) is 15.5 Å². The van der Waals surface area contributed by atoms with Crippen molar-refractivity contribution in [2.24, 2.45) is 0 Å². The molecular weight excluding hydrogens is 316 g/mol. The van der Waals surface area contributed by atoms with Crippen LogP contribution in [0.2, 0.25) is 4.34 Å². The van der Waals surface area contributed by atoms with Crippen molar-refractivity contribution in [1.29, 1.82) is 0 Å². The van der Waals surface area contributed by atoms with Crippen LogP contribution in [-0.4, -0.2) is 22.5 Å². The van der Waals surface area contributed by atoms with E-state index in [1.165, 1.54) is 18.4 Å². The van der Waals surface area contributed by atoms with Gasteiger partial charge in [-0.1, -0.05) is 11.6 Å². The Morgan fingerprint density at radius 2 is 2.35 bits per heavy atom. The number of hydrogen-bond acceptors (Lipinski definition) is 5. The number of rotatable bonds is 4. The highest BCUT2D eigenvalue weighted by atomic mass is 35.5. The molecule has 3 aromatic heterocycles. The molecule has 0 amide bonds. The van der Waals surface area contributed by atoms with E-state index in [1.807, 2.05) is 28.1 Å². The summed E-state index contributed by atoms with van der Waals surface area (Å²) in [4.78, 5) is 17.8. The number of carbonyl (C=O) groups excluding carboxylic acids is 1. The first-order valence-corrected chi connectivity index (χ1v) is 8.03. The molecule has 0 radical (unpaired) electrons. The first kappa shape index (κ1) is 13.6. The average molecular weight is 327 g/mol. The smallest absolute Gasteiger partial charge is 0.305 e. The summed E-state index contributed by atoms with van der Waals surface area (Å²) in [5.41, 5.74) is 1.98. The van der Waals surface area contributed by atoms with E-state index in [0.717, 1.165) is 25.6 Å². The summed E-state index contributed by atoms with van der Waals surface area (Å²) in [6, 6.07) is 3.83. The van der Waals surface area contributed by atoms with Gasteiger partial charge in [-0.3, -0.25) is 9.20 Å². The van der Waals surface area contributed by atoms with Gasteiger partial charge in [-0.15, -0.1) is 22.7 Å². The fourth-order valence-electron chi connectivity index (χ4n) is 1.91. The average Bonchev–Trinajstić information content (AvgIpc) is 3.11. The SMILES string of the molecule is COC(=O)CCc1csc2nc(-c3ccc(Cl)s3)cn12. The van der Waals surface area contributed by atoms with Crippen molar-refractivity contribution in [3.05, 3.63) is 33.7 Å². The van der Waals surface area contributed by atoms with Gasteiger partial charge >= 0.3 is 5.97 Å². The lowest BCUT2D eigenvalue weighted by Gasteiger charge is -1.98. The molecule has 0 aromatic carbocycles. The number of aryl methyl sites for hydroxylation is 1. The van der Waals surface area contributed by atoms with Gasteiger partial charge in [0, 0.05) is 17.3 Å². The van der Waals surface area contributed by atoms with Gasteiger partial charge in [0.15, 0.2) is 4.96 Å². The Labute approximate surface area is 128 Å². The Morgan fingerprint density at radius 3 is 3.05 bits per heavy atom. The van der Waals surface area contributed by atoms with Crippen LogP contribution >= 0.6 is 34.3 Å².